The van der Waals surface area contributed by atoms with Gasteiger partial charge in [-0.15, -0.1) is 0 Å². The van der Waals surface area contributed by atoms with Crippen LogP contribution in [0.1, 0.15) is 59.3 Å². The molecule has 108 valence electrons. The minimum absolute atomic E-state index is 0.255. The molecule has 0 amide bonds. The van der Waals surface area contributed by atoms with Crippen molar-refractivity contribution in [2.45, 2.75) is 59.3 Å². The van der Waals surface area contributed by atoms with Crippen LogP contribution in [0.3, 0.4) is 0 Å². The Morgan fingerprint density at radius 2 is 2.00 bits per heavy atom. The Balaban J connectivity index is 2.46. The molecular formula is C16H26O3. The lowest BCUT2D eigenvalue weighted by atomic mass is 10.0. The van der Waals surface area contributed by atoms with E-state index in [-0.39, 0.29) is 5.97 Å². The van der Waals surface area contributed by atoms with Crippen molar-refractivity contribution in [1.82, 2.24) is 0 Å². The molecule has 0 fully saturated rings. The third-order valence-electron chi connectivity index (χ3n) is 3.30. The van der Waals surface area contributed by atoms with Gasteiger partial charge in [0.15, 0.2) is 0 Å². The highest BCUT2D eigenvalue weighted by Gasteiger charge is 2.25. The van der Waals surface area contributed by atoms with Crippen LogP contribution in [0.4, 0.5) is 0 Å². The average Bonchev–Trinajstić information content (AvgIpc) is 2.75. The summed E-state index contributed by atoms with van der Waals surface area (Å²) >= 11 is 0. The molecule has 1 aliphatic heterocycles. The first-order valence-corrected chi connectivity index (χ1v) is 7.40. The molecule has 0 N–H and O–H groups in total. The van der Waals surface area contributed by atoms with Crippen molar-refractivity contribution in [3.8, 4) is 0 Å². The minimum Gasteiger partial charge on any atom is -0.493 e. The van der Waals surface area contributed by atoms with Gasteiger partial charge in [-0.25, -0.2) is 4.79 Å². The molecule has 3 heteroatoms. The van der Waals surface area contributed by atoms with Crippen molar-refractivity contribution in [1.29, 1.82) is 0 Å². The summed E-state index contributed by atoms with van der Waals surface area (Å²) in [5.41, 5.74) is 1.63. The normalized spacial score (nSPS) is 16.9. The third kappa shape index (κ3) is 5.09. The van der Waals surface area contributed by atoms with Crippen LogP contribution >= 0.6 is 0 Å². The molecule has 1 heterocycles. The lowest BCUT2D eigenvalue weighted by Crippen LogP contribution is -2.09. The summed E-state index contributed by atoms with van der Waals surface area (Å²) in [7, 11) is 0. The van der Waals surface area contributed by atoms with Crippen molar-refractivity contribution < 1.29 is 14.3 Å². The molecular weight excluding hydrogens is 240 g/mol. The van der Waals surface area contributed by atoms with Crippen LogP contribution in [0, 0.1) is 0 Å². The molecule has 0 saturated heterocycles. The van der Waals surface area contributed by atoms with Gasteiger partial charge in [0.25, 0.3) is 0 Å². The molecule has 0 saturated carbocycles. The molecule has 3 nitrogen and oxygen atoms in total. The molecule has 0 unspecified atom stereocenters. The second kappa shape index (κ2) is 8.78. The van der Waals surface area contributed by atoms with Crippen molar-refractivity contribution in [3.63, 3.8) is 0 Å². The Morgan fingerprint density at radius 1 is 1.26 bits per heavy atom. The fourth-order valence-electron chi connectivity index (χ4n) is 2.22. The first kappa shape index (κ1) is 15.8. The predicted molar refractivity (Wildman–Crippen MR) is 76.7 cm³/mol. The quantitative estimate of drug-likeness (QED) is 0.489. The minimum atomic E-state index is -0.255. The zero-order valence-corrected chi connectivity index (χ0v) is 12.5. The molecule has 0 spiro atoms. The monoisotopic (exact) mass is 266 g/mol. The van der Waals surface area contributed by atoms with E-state index < -0.39 is 0 Å². The first-order valence-electron chi connectivity index (χ1n) is 7.40. The summed E-state index contributed by atoms with van der Waals surface area (Å²) in [5, 5.41) is 0. The number of esters is 1. The van der Waals surface area contributed by atoms with Crippen LogP contribution in [0.5, 0.6) is 0 Å². The molecule has 0 aromatic heterocycles. The zero-order chi connectivity index (χ0) is 14.1. The third-order valence-corrected chi connectivity index (χ3v) is 3.30. The predicted octanol–water partition coefficient (Wildman–Crippen LogP) is 4.14. The van der Waals surface area contributed by atoms with Crippen LogP contribution in [0.25, 0.3) is 0 Å². The fraction of sp³-hybridized carbons (Fsp3) is 0.688. The van der Waals surface area contributed by atoms with E-state index in [0.717, 1.165) is 12.0 Å². The van der Waals surface area contributed by atoms with E-state index in [4.69, 9.17) is 9.47 Å². The van der Waals surface area contributed by atoms with E-state index >= 15 is 0 Å². The van der Waals surface area contributed by atoms with Crippen LogP contribution < -0.4 is 0 Å². The largest absolute Gasteiger partial charge is 0.493 e. The number of carbonyl (C=O) groups is 1. The van der Waals surface area contributed by atoms with Gasteiger partial charge >= 0.3 is 5.97 Å². The van der Waals surface area contributed by atoms with Crippen LogP contribution in [-0.2, 0) is 14.3 Å². The summed E-state index contributed by atoms with van der Waals surface area (Å²) < 4.78 is 10.5. The molecule has 0 aromatic rings. The maximum atomic E-state index is 11.8. The Morgan fingerprint density at radius 3 is 2.68 bits per heavy atom. The van der Waals surface area contributed by atoms with Crippen LogP contribution in [0.2, 0.25) is 0 Å². The van der Waals surface area contributed by atoms with Crippen LogP contribution in [0.15, 0.2) is 23.0 Å². The lowest BCUT2D eigenvalue weighted by molar-refractivity contribution is -0.138. The number of carbonyl (C=O) groups excluding carboxylic acids is 1. The lowest BCUT2D eigenvalue weighted by Gasteiger charge is -2.04. The van der Waals surface area contributed by atoms with Crippen molar-refractivity contribution in [2.75, 3.05) is 13.2 Å². The smallest absolute Gasteiger partial charge is 0.341 e. The summed E-state index contributed by atoms with van der Waals surface area (Å²) in [5.74, 6) is 0.436. The average molecular weight is 266 g/mol. The van der Waals surface area contributed by atoms with Gasteiger partial charge < -0.3 is 9.47 Å². The number of unbranched alkanes of at least 4 members (excludes halogenated alkanes) is 5. The summed E-state index contributed by atoms with van der Waals surface area (Å²) in [6.07, 6.45) is 9.47. The SMILES string of the molecule is CCCCCCC/C=C1\COC(C)=C1C(=O)OCC. The Kier molecular flexibility index (Phi) is 7.31. The molecule has 0 aromatic carbocycles. The van der Waals surface area contributed by atoms with E-state index in [9.17, 15) is 4.79 Å². The molecule has 19 heavy (non-hydrogen) atoms. The number of hydrogen-bond acceptors (Lipinski definition) is 3. The number of ether oxygens (including phenoxy) is 2. The van der Waals surface area contributed by atoms with Gasteiger partial charge in [0.2, 0.25) is 0 Å². The van der Waals surface area contributed by atoms with Gasteiger partial charge in [-0.1, -0.05) is 38.7 Å². The highest BCUT2D eigenvalue weighted by Crippen LogP contribution is 2.26. The molecule has 1 rings (SSSR count). The van der Waals surface area contributed by atoms with E-state index in [2.05, 4.69) is 13.0 Å². The fourth-order valence-corrected chi connectivity index (χ4v) is 2.22. The van der Waals surface area contributed by atoms with Gasteiger partial charge in [0.1, 0.15) is 17.9 Å². The molecule has 0 bridgehead atoms. The van der Waals surface area contributed by atoms with Crippen molar-refractivity contribution in [3.05, 3.63) is 23.0 Å². The summed E-state index contributed by atoms with van der Waals surface area (Å²) in [6, 6.07) is 0. The number of hydrogen-bond donors (Lipinski definition) is 0. The number of allylic oxidation sites excluding steroid dienone is 2. The second-order valence-corrected chi connectivity index (χ2v) is 4.87. The van der Waals surface area contributed by atoms with E-state index in [1.165, 1.54) is 32.1 Å². The van der Waals surface area contributed by atoms with Gasteiger partial charge in [-0.2, -0.15) is 0 Å². The zero-order valence-electron chi connectivity index (χ0n) is 12.5. The summed E-state index contributed by atoms with van der Waals surface area (Å²) in [6.45, 7) is 6.78. The van der Waals surface area contributed by atoms with Gasteiger partial charge in [0.05, 0.1) is 6.61 Å². The van der Waals surface area contributed by atoms with Crippen molar-refractivity contribution in [2.24, 2.45) is 0 Å². The number of rotatable bonds is 8. The highest BCUT2D eigenvalue weighted by molar-refractivity contribution is 5.94. The molecule has 0 atom stereocenters. The Hall–Kier alpha value is -1.25. The van der Waals surface area contributed by atoms with E-state index in [1.807, 2.05) is 13.8 Å². The first-order chi connectivity index (χ1) is 9.20. The second-order valence-electron chi connectivity index (χ2n) is 4.87. The van der Waals surface area contributed by atoms with Crippen LogP contribution in [-0.4, -0.2) is 19.2 Å². The topological polar surface area (TPSA) is 35.5 Å². The highest BCUT2D eigenvalue weighted by atomic mass is 16.5. The molecule has 1 aliphatic rings. The Labute approximate surface area is 116 Å². The van der Waals surface area contributed by atoms with E-state index in [1.54, 1.807) is 0 Å². The standard InChI is InChI=1S/C16H26O3/c1-4-6-7-8-9-10-11-14-12-19-13(3)15(14)16(17)18-5-2/h11H,4-10,12H2,1-3H3/b14-11+. The maximum absolute atomic E-state index is 11.8. The summed E-state index contributed by atoms with van der Waals surface area (Å²) in [4.78, 5) is 11.8. The van der Waals surface area contributed by atoms with Gasteiger partial charge in [-0.05, 0) is 26.7 Å². The Bertz CT molecular complexity index is 353. The molecule has 0 aliphatic carbocycles. The van der Waals surface area contributed by atoms with Gasteiger partial charge in [0, 0.05) is 5.57 Å². The van der Waals surface area contributed by atoms with Gasteiger partial charge in [-0.3, -0.25) is 0 Å². The van der Waals surface area contributed by atoms with E-state index in [0.29, 0.717) is 24.5 Å². The molecule has 0 radical (unpaired) electrons. The van der Waals surface area contributed by atoms with Crippen molar-refractivity contribution >= 4 is 5.97 Å². The maximum Gasteiger partial charge on any atom is 0.341 e.